The number of ether oxygens (including phenoxy) is 1. The lowest BCUT2D eigenvalue weighted by molar-refractivity contribution is 0.0102. The van der Waals surface area contributed by atoms with Crippen LogP contribution in [0.25, 0.3) is 0 Å². The van der Waals surface area contributed by atoms with Gasteiger partial charge in [0, 0.05) is 25.7 Å². The standard InChI is InChI=1S/C22H29N3OS/c1-18(24-22(27)23-13-12-19-8-4-2-5-9-19)21(20-10-6-3-7-11-20)25-14-16-26-17-15-25/h2-11,18,21H,12-17H2,1H3,(H2,23,24,27)/t18-,21-/m0/s1. The maximum atomic E-state index is 5.55. The molecule has 1 saturated heterocycles. The quantitative estimate of drug-likeness (QED) is 0.719. The van der Waals surface area contributed by atoms with Gasteiger partial charge < -0.3 is 15.4 Å². The average molecular weight is 384 g/mol. The van der Waals surface area contributed by atoms with Gasteiger partial charge in [0.05, 0.1) is 19.3 Å². The smallest absolute Gasteiger partial charge is 0.166 e. The summed E-state index contributed by atoms with van der Waals surface area (Å²) in [5.41, 5.74) is 2.63. The van der Waals surface area contributed by atoms with E-state index >= 15 is 0 Å². The molecule has 0 amide bonds. The van der Waals surface area contributed by atoms with Crippen LogP contribution in [0.3, 0.4) is 0 Å². The van der Waals surface area contributed by atoms with Gasteiger partial charge in [-0.2, -0.15) is 0 Å². The third kappa shape index (κ3) is 6.03. The summed E-state index contributed by atoms with van der Waals surface area (Å²) in [6, 6.07) is 21.6. The summed E-state index contributed by atoms with van der Waals surface area (Å²) in [5.74, 6) is 0. The molecular formula is C22H29N3OS. The Labute approximate surface area is 167 Å². The van der Waals surface area contributed by atoms with Crippen LogP contribution in [-0.2, 0) is 11.2 Å². The van der Waals surface area contributed by atoms with Crippen LogP contribution in [0.4, 0.5) is 0 Å². The Balaban J connectivity index is 1.56. The van der Waals surface area contributed by atoms with E-state index in [1.165, 1.54) is 11.1 Å². The molecule has 0 aromatic heterocycles. The number of nitrogens with zero attached hydrogens (tertiary/aromatic N) is 1. The van der Waals surface area contributed by atoms with Crippen LogP contribution in [0.2, 0.25) is 0 Å². The maximum Gasteiger partial charge on any atom is 0.166 e. The Morgan fingerprint density at radius 2 is 1.67 bits per heavy atom. The second-order valence-electron chi connectivity index (χ2n) is 6.93. The fourth-order valence-corrected chi connectivity index (χ4v) is 3.91. The number of hydrogen-bond acceptors (Lipinski definition) is 3. The molecule has 144 valence electrons. The third-order valence-electron chi connectivity index (χ3n) is 4.95. The zero-order chi connectivity index (χ0) is 18.9. The van der Waals surface area contributed by atoms with Gasteiger partial charge in [0.2, 0.25) is 0 Å². The highest BCUT2D eigenvalue weighted by atomic mass is 32.1. The predicted molar refractivity (Wildman–Crippen MR) is 115 cm³/mol. The first-order valence-electron chi connectivity index (χ1n) is 9.69. The molecule has 1 aliphatic rings. The van der Waals surface area contributed by atoms with Crippen molar-refractivity contribution in [3.8, 4) is 0 Å². The van der Waals surface area contributed by atoms with Crippen LogP contribution in [0.1, 0.15) is 24.1 Å². The number of rotatable bonds is 7. The van der Waals surface area contributed by atoms with Crippen LogP contribution >= 0.6 is 12.2 Å². The summed E-state index contributed by atoms with van der Waals surface area (Å²) in [6.07, 6.45) is 0.961. The summed E-state index contributed by atoms with van der Waals surface area (Å²) >= 11 is 5.55. The van der Waals surface area contributed by atoms with Crippen molar-refractivity contribution in [2.75, 3.05) is 32.8 Å². The Morgan fingerprint density at radius 3 is 2.33 bits per heavy atom. The largest absolute Gasteiger partial charge is 0.379 e. The monoisotopic (exact) mass is 383 g/mol. The molecule has 2 aromatic carbocycles. The van der Waals surface area contributed by atoms with E-state index in [-0.39, 0.29) is 12.1 Å². The van der Waals surface area contributed by atoms with Crippen molar-refractivity contribution < 1.29 is 4.74 Å². The van der Waals surface area contributed by atoms with Gasteiger partial charge in [-0.1, -0.05) is 60.7 Å². The summed E-state index contributed by atoms with van der Waals surface area (Å²) in [6.45, 7) is 6.50. The van der Waals surface area contributed by atoms with Gasteiger partial charge in [0.25, 0.3) is 0 Å². The van der Waals surface area contributed by atoms with Crippen molar-refractivity contribution >= 4 is 17.3 Å². The SMILES string of the molecule is C[C@H](NC(=S)NCCc1ccccc1)[C@@H](c1ccccc1)N1CCOCC1. The molecule has 0 radical (unpaired) electrons. The van der Waals surface area contributed by atoms with E-state index in [9.17, 15) is 0 Å². The minimum absolute atomic E-state index is 0.197. The number of hydrogen-bond donors (Lipinski definition) is 2. The molecular weight excluding hydrogens is 354 g/mol. The molecule has 0 bridgehead atoms. The Morgan fingerprint density at radius 1 is 1.04 bits per heavy atom. The molecule has 1 heterocycles. The topological polar surface area (TPSA) is 36.5 Å². The zero-order valence-corrected chi connectivity index (χ0v) is 16.8. The van der Waals surface area contributed by atoms with E-state index in [1.807, 2.05) is 6.07 Å². The average Bonchev–Trinajstić information content (AvgIpc) is 2.70. The molecule has 2 N–H and O–H groups in total. The van der Waals surface area contributed by atoms with Crippen molar-refractivity contribution in [2.24, 2.45) is 0 Å². The number of benzene rings is 2. The van der Waals surface area contributed by atoms with E-state index in [1.54, 1.807) is 0 Å². The van der Waals surface area contributed by atoms with Crippen LogP contribution in [0.5, 0.6) is 0 Å². The molecule has 1 fully saturated rings. The van der Waals surface area contributed by atoms with Gasteiger partial charge in [-0.3, -0.25) is 4.90 Å². The van der Waals surface area contributed by atoms with Crippen molar-refractivity contribution in [1.82, 2.24) is 15.5 Å². The highest BCUT2D eigenvalue weighted by molar-refractivity contribution is 7.80. The van der Waals surface area contributed by atoms with Crippen molar-refractivity contribution in [3.05, 3.63) is 71.8 Å². The number of morpholine rings is 1. The first kappa shape index (κ1) is 19.8. The summed E-state index contributed by atoms with van der Waals surface area (Å²) < 4.78 is 5.54. The van der Waals surface area contributed by atoms with Gasteiger partial charge >= 0.3 is 0 Å². The molecule has 0 unspecified atom stereocenters. The van der Waals surface area contributed by atoms with Gasteiger partial charge in [0.1, 0.15) is 0 Å². The molecule has 1 aliphatic heterocycles. The van der Waals surface area contributed by atoms with Crippen LogP contribution in [0, 0.1) is 0 Å². The van der Waals surface area contributed by atoms with Gasteiger partial charge in [-0.05, 0) is 36.7 Å². The van der Waals surface area contributed by atoms with Gasteiger partial charge in [0.15, 0.2) is 5.11 Å². The lowest BCUT2D eigenvalue weighted by Crippen LogP contribution is -2.50. The first-order chi connectivity index (χ1) is 13.2. The Bertz CT molecular complexity index is 689. The Hall–Kier alpha value is -1.95. The van der Waals surface area contributed by atoms with Crippen LogP contribution < -0.4 is 10.6 Å². The first-order valence-corrected chi connectivity index (χ1v) is 10.1. The number of nitrogens with one attached hydrogen (secondary N) is 2. The molecule has 0 spiro atoms. The van der Waals surface area contributed by atoms with Gasteiger partial charge in [-0.25, -0.2) is 0 Å². The van der Waals surface area contributed by atoms with E-state index in [4.69, 9.17) is 17.0 Å². The van der Waals surface area contributed by atoms with E-state index in [0.717, 1.165) is 39.3 Å². The fourth-order valence-electron chi connectivity index (χ4n) is 3.62. The fraction of sp³-hybridized carbons (Fsp3) is 0.409. The number of thiocarbonyl (C=S) groups is 1. The molecule has 4 nitrogen and oxygen atoms in total. The summed E-state index contributed by atoms with van der Waals surface area (Å²) in [5, 5.41) is 7.56. The third-order valence-corrected chi connectivity index (χ3v) is 5.22. The van der Waals surface area contributed by atoms with Crippen molar-refractivity contribution in [3.63, 3.8) is 0 Å². The predicted octanol–water partition coefficient (Wildman–Crippen LogP) is 3.16. The molecule has 3 rings (SSSR count). The Kier molecular flexibility index (Phi) is 7.63. The molecule has 2 atom stereocenters. The van der Waals surface area contributed by atoms with Crippen LogP contribution in [-0.4, -0.2) is 48.9 Å². The molecule has 5 heteroatoms. The minimum atomic E-state index is 0.197. The highest BCUT2D eigenvalue weighted by Crippen LogP contribution is 2.25. The molecule has 0 aliphatic carbocycles. The minimum Gasteiger partial charge on any atom is -0.379 e. The van der Waals surface area contributed by atoms with E-state index in [2.05, 4.69) is 77.1 Å². The highest BCUT2D eigenvalue weighted by Gasteiger charge is 2.27. The van der Waals surface area contributed by atoms with Crippen LogP contribution in [0.15, 0.2) is 60.7 Å². The maximum absolute atomic E-state index is 5.55. The van der Waals surface area contributed by atoms with E-state index in [0.29, 0.717) is 5.11 Å². The second-order valence-corrected chi connectivity index (χ2v) is 7.34. The lowest BCUT2D eigenvalue weighted by atomic mass is 9.98. The molecule has 2 aromatic rings. The van der Waals surface area contributed by atoms with E-state index < -0.39 is 0 Å². The zero-order valence-electron chi connectivity index (χ0n) is 15.9. The second kappa shape index (κ2) is 10.4. The summed E-state index contributed by atoms with van der Waals surface area (Å²) in [7, 11) is 0. The van der Waals surface area contributed by atoms with Crippen molar-refractivity contribution in [1.29, 1.82) is 0 Å². The van der Waals surface area contributed by atoms with Gasteiger partial charge in [-0.15, -0.1) is 0 Å². The lowest BCUT2D eigenvalue weighted by Gasteiger charge is -2.38. The normalized spacial score (nSPS) is 17.1. The van der Waals surface area contributed by atoms with Crippen molar-refractivity contribution in [2.45, 2.75) is 25.4 Å². The summed E-state index contributed by atoms with van der Waals surface area (Å²) in [4.78, 5) is 2.49. The molecule has 27 heavy (non-hydrogen) atoms. The molecule has 0 saturated carbocycles.